The molecular formula is C19H23N3O2S. The number of nitrogens with two attached hydrogens (primary N) is 1. The maximum absolute atomic E-state index is 12.7. The van der Waals surface area contributed by atoms with Crippen LogP contribution in [0.4, 0.5) is 10.7 Å². The molecule has 0 saturated carbocycles. The Morgan fingerprint density at radius 2 is 1.92 bits per heavy atom. The highest BCUT2D eigenvalue weighted by Gasteiger charge is 2.24. The number of primary amides is 1. The van der Waals surface area contributed by atoms with Crippen LogP contribution in [0.1, 0.15) is 50.4 Å². The van der Waals surface area contributed by atoms with E-state index in [-0.39, 0.29) is 5.91 Å². The number of nitrogens with zero attached hydrogens (tertiary/aromatic N) is 1. The van der Waals surface area contributed by atoms with Crippen LogP contribution in [0.5, 0.6) is 0 Å². The Labute approximate surface area is 151 Å². The Balaban J connectivity index is 1.91. The number of rotatable bonds is 4. The van der Waals surface area contributed by atoms with Crippen LogP contribution in [0.25, 0.3) is 0 Å². The molecule has 2 aromatic rings. The molecule has 0 fully saturated rings. The van der Waals surface area contributed by atoms with Crippen LogP contribution in [0.3, 0.4) is 0 Å². The molecule has 25 heavy (non-hydrogen) atoms. The summed E-state index contributed by atoms with van der Waals surface area (Å²) < 4.78 is 0. The van der Waals surface area contributed by atoms with Gasteiger partial charge in [-0.3, -0.25) is 9.59 Å². The fourth-order valence-corrected chi connectivity index (χ4v) is 4.48. The minimum atomic E-state index is -0.461. The molecule has 1 aromatic heterocycles. The van der Waals surface area contributed by atoms with E-state index >= 15 is 0 Å². The topological polar surface area (TPSA) is 75.4 Å². The lowest BCUT2D eigenvalue weighted by molar-refractivity contribution is 0.100. The van der Waals surface area contributed by atoms with Gasteiger partial charge in [0.1, 0.15) is 5.00 Å². The largest absolute Gasteiger partial charge is 0.378 e. The molecule has 3 rings (SSSR count). The van der Waals surface area contributed by atoms with Crippen molar-refractivity contribution in [2.45, 2.75) is 32.1 Å². The molecule has 1 aliphatic rings. The zero-order chi connectivity index (χ0) is 18.0. The van der Waals surface area contributed by atoms with Gasteiger partial charge in [-0.15, -0.1) is 11.3 Å². The van der Waals surface area contributed by atoms with Crippen LogP contribution in [-0.2, 0) is 12.8 Å². The van der Waals surface area contributed by atoms with Crippen molar-refractivity contribution < 1.29 is 9.59 Å². The number of amides is 2. The van der Waals surface area contributed by atoms with E-state index in [1.165, 1.54) is 22.6 Å². The third-order valence-electron chi connectivity index (χ3n) is 4.52. The molecule has 1 heterocycles. The van der Waals surface area contributed by atoms with Crippen molar-refractivity contribution in [2.24, 2.45) is 5.73 Å². The normalized spacial score (nSPS) is 13.7. The van der Waals surface area contributed by atoms with Crippen molar-refractivity contribution in [1.82, 2.24) is 0 Å². The number of anilines is 2. The van der Waals surface area contributed by atoms with E-state index in [9.17, 15) is 9.59 Å². The highest BCUT2D eigenvalue weighted by molar-refractivity contribution is 7.17. The fraction of sp³-hybridized carbons (Fsp3) is 0.368. The lowest BCUT2D eigenvalue weighted by Crippen LogP contribution is -2.18. The second-order valence-corrected chi connectivity index (χ2v) is 7.64. The van der Waals surface area contributed by atoms with Crippen molar-refractivity contribution in [2.75, 3.05) is 24.3 Å². The zero-order valence-corrected chi connectivity index (χ0v) is 15.4. The Bertz CT molecular complexity index is 811. The van der Waals surface area contributed by atoms with Gasteiger partial charge in [0, 0.05) is 30.2 Å². The smallest absolute Gasteiger partial charge is 0.256 e. The van der Waals surface area contributed by atoms with Gasteiger partial charge in [0.05, 0.1) is 5.56 Å². The first kappa shape index (κ1) is 17.5. The summed E-state index contributed by atoms with van der Waals surface area (Å²) >= 11 is 1.49. The second-order valence-electron chi connectivity index (χ2n) is 6.53. The van der Waals surface area contributed by atoms with Crippen LogP contribution < -0.4 is 16.0 Å². The number of aryl methyl sites for hydroxylation is 1. The predicted molar refractivity (Wildman–Crippen MR) is 103 cm³/mol. The van der Waals surface area contributed by atoms with E-state index in [4.69, 9.17) is 5.73 Å². The molecule has 0 atom stereocenters. The number of fused-ring (bicyclic) bond motifs is 1. The molecule has 132 valence electrons. The number of thiophene rings is 1. The summed E-state index contributed by atoms with van der Waals surface area (Å²) in [5.74, 6) is -0.681. The summed E-state index contributed by atoms with van der Waals surface area (Å²) in [6, 6.07) is 7.39. The van der Waals surface area contributed by atoms with Crippen LogP contribution in [0.2, 0.25) is 0 Å². The Kier molecular flexibility index (Phi) is 5.08. The summed E-state index contributed by atoms with van der Waals surface area (Å²) in [5, 5.41) is 3.50. The lowest BCUT2D eigenvalue weighted by Gasteiger charge is -2.13. The molecule has 3 N–H and O–H groups in total. The first-order valence-electron chi connectivity index (χ1n) is 8.50. The van der Waals surface area contributed by atoms with E-state index in [2.05, 4.69) is 5.32 Å². The summed E-state index contributed by atoms with van der Waals surface area (Å²) in [4.78, 5) is 27.8. The van der Waals surface area contributed by atoms with E-state index in [1.54, 1.807) is 6.07 Å². The molecule has 0 aliphatic heterocycles. The molecule has 0 radical (unpaired) electrons. The van der Waals surface area contributed by atoms with Crippen LogP contribution in [0.15, 0.2) is 24.3 Å². The summed E-state index contributed by atoms with van der Waals surface area (Å²) in [7, 11) is 3.86. The van der Waals surface area contributed by atoms with Gasteiger partial charge in [0.2, 0.25) is 0 Å². The minimum absolute atomic E-state index is 0.220. The van der Waals surface area contributed by atoms with E-state index in [0.717, 1.165) is 36.9 Å². The van der Waals surface area contributed by atoms with Crippen LogP contribution in [0, 0.1) is 0 Å². The van der Waals surface area contributed by atoms with E-state index in [1.807, 2.05) is 37.2 Å². The maximum Gasteiger partial charge on any atom is 0.256 e. The zero-order valence-electron chi connectivity index (χ0n) is 14.6. The van der Waals surface area contributed by atoms with Gasteiger partial charge in [-0.2, -0.15) is 0 Å². The standard InChI is InChI=1S/C19H23N3O2S/c1-22(2)13-8-6-7-12(11-13)18(24)21-19-16(17(20)23)14-9-4-3-5-10-15(14)25-19/h6-8,11H,3-5,9-10H2,1-2H3,(H2,20,23)(H,21,24). The van der Waals surface area contributed by atoms with Gasteiger partial charge in [-0.1, -0.05) is 12.5 Å². The average molecular weight is 357 g/mol. The fourth-order valence-electron chi connectivity index (χ4n) is 3.19. The van der Waals surface area contributed by atoms with Gasteiger partial charge in [-0.05, 0) is 49.4 Å². The molecule has 0 saturated heterocycles. The molecule has 1 aliphatic carbocycles. The second kappa shape index (κ2) is 7.27. The van der Waals surface area contributed by atoms with Crippen LogP contribution in [-0.4, -0.2) is 25.9 Å². The Morgan fingerprint density at radius 3 is 2.64 bits per heavy atom. The third kappa shape index (κ3) is 3.69. The molecular weight excluding hydrogens is 334 g/mol. The monoisotopic (exact) mass is 357 g/mol. The number of nitrogens with one attached hydrogen (secondary N) is 1. The van der Waals surface area contributed by atoms with Crippen molar-refractivity contribution >= 4 is 33.8 Å². The predicted octanol–water partition coefficient (Wildman–Crippen LogP) is 3.43. The van der Waals surface area contributed by atoms with Gasteiger partial charge in [0.15, 0.2) is 0 Å². The average Bonchev–Trinajstić information content (AvgIpc) is 2.76. The third-order valence-corrected chi connectivity index (χ3v) is 5.73. The lowest BCUT2D eigenvalue weighted by atomic mass is 10.1. The number of hydrogen-bond acceptors (Lipinski definition) is 4. The number of hydrogen-bond donors (Lipinski definition) is 2. The molecule has 6 heteroatoms. The maximum atomic E-state index is 12.7. The number of carbonyl (C=O) groups is 2. The molecule has 1 aromatic carbocycles. The summed E-state index contributed by atoms with van der Waals surface area (Å²) in [5.41, 5.74) is 8.66. The van der Waals surface area contributed by atoms with Gasteiger partial charge >= 0.3 is 0 Å². The number of benzene rings is 1. The molecule has 0 unspecified atom stereocenters. The minimum Gasteiger partial charge on any atom is -0.378 e. The van der Waals surface area contributed by atoms with Crippen molar-refractivity contribution in [3.8, 4) is 0 Å². The summed E-state index contributed by atoms with van der Waals surface area (Å²) in [6.45, 7) is 0. The summed E-state index contributed by atoms with van der Waals surface area (Å²) in [6.07, 6.45) is 5.15. The Morgan fingerprint density at radius 1 is 1.16 bits per heavy atom. The quantitative estimate of drug-likeness (QED) is 0.823. The molecule has 2 amide bonds. The van der Waals surface area contributed by atoms with Crippen LogP contribution >= 0.6 is 11.3 Å². The first-order valence-corrected chi connectivity index (χ1v) is 9.32. The van der Waals surface area contributed by atoms with Gasteiger partial charge < -0.3 is 16.0 Å². The van der Waals surface area contributed by atoms with Gasteiger partial charge in [-0.25, -0.2) is 0 Å². The molecule has 0 bridgehead atoms. The van der Waals surface area contributed by atoms with E-state index in [0.29, 0.717) is 16.1 Å². The molecule has 0 spiro atoms. The highest BCUT2D eigenvalue weighted by Crippen LogP contribution is 2.37. The molecule has 5 nitrogen and oxygen atoms in total. The van der Waals surface area contributed by atoms with Crippen molar-refractivity contribution in [1.29, 1.82) is 0 Å². The SMILES string of the molecule is CN(C)c1cccc(C(=O)Nc2sc3c(c2C(N)=O)CCCCC3)c1. The van der Waals surface area contributed by atoms with Crippen molar-refractivity contribution in [3.63, 3.8) is 0 Å². The van der Waals surface area contributed by atoms with E-state index < -0.39 is 5.91 Å². The van der Waals surface area contributed by atoms with Gasteiger partial charge in [0.25, 0.3) is 11.8 Å². The number of carbonyl (C=O) groups excluding carboxylic acids is 2. The van der Waals surface area contributed by atoms with Crippen molar-refractivity contribution in [3.05, 3.63) is 45.8 Å². The Hall–Kier alpha value is -2.34. The highest BCUT2D eigenvalue weighted by atomic mass is 32.1. The first-order chi connectivity index (χ1) is 12.0.